The first kappa shape index (κ1) is 10.6. The van der Waals surface area contributed by atoms with Crippen molar-refractivity contribution in [2.75, 3.05) is 0 Å². The van der Waals surface area contributed by atoms with Gasteiger partial charge in [0.05, 0.1) is 13.0 Å². The van der Waals surface area contributed by atoms with Crippen molar-refractivity contribution in [3.63, 3.8) is 0 Å². The number of nitrogens with two attached hydrogens (primary N) is 1. The topological polar surface area (TPSA) is 43.1 Å². The molecule has 13 heavy (non-hydrogen) atoms. The Kier molecular flexibility index (Phi) is 3.05. The Morgan fingerprint density at radius 1 is 1.23 bits per heavy atom. The van der Waals surface area contributed by atoms with Gasteiger partial charge in [0, 0.05) is 0 Å². The molecule has 0 amide bonds. The second-order valence-corrected chi connectivity index (χ2v) is 10.1. The number of rotatable bonds is 2. The Hall–Kier alpha value is -0.453. The molecule has 0 fully saturated rings. The Balaban J connectivity index is 3.28. The summed E-state index contributed by atoms with van der Waals surface area (Å²) in [5, 5.41) is 6.60. The molecule has 0 saturated carbocycles. The van der Waals surface area contributed by atoms with Gasteiger partial charge in [-0.25, -0.2) is 9.35 Å². The van der Waals surface area contributed by atoms with Gasteiger partial charge < -0.3 is 0 Å². The third kappa shape index (κ3) is 2.49. The van der Waals surface area contributed by atoms with Crippen molar-refractivity contribution in [2.24, 2.45) is 5.14 Å². The largest absolute Gasteiger partial charge is 0.248 e. The van der Waals surface area contributed by atoms with E-state index in [-0.39, 0.29) is 0 Å². The molecule has 1 atom stereocenters. The highest BCUT2D eigenvalue weighted by Gasteiger charge is 2.20. The van der Waals surface area contributed by atoms with Crippen LogP contribution in [0.15, 0.2) is 29.2 Å². The van der Waals surface area contributed by atoms with Crippen LogP contribution in [0.2, 0.25) is 19.6 Å². The molecule has 0 radical (unpaired) electrons. The average Bonchev–Trinajstić information content (AvgIpc) is 2.03. The SMILES string of the molecule is C[Si](C)(C)c1ccccc1S(N)=O. The summed E-state index contributed by atoms with van der Waals surface area (Å²) < 4.78 is 11.2. The molecule has 2 nitrogen and oxygen atoms in total. The number of benzene rings is 1. The predicted octanol–water partition coefficient (Wildman–Crippen LogP) is 1.21. The second kappa shape index (κ2) is 3.73. The van der Waals surface area contributed by atoms with Crippen molar-refractivity contribution >= 4 is 24.2 Å². The van der Waals surface area contributed by atoms with E-state index in [1.54, 1.807) is 0 Å². The zero-order valence-electron chi connectivity index (χ0n) is 8.20. The maximum atomic E-state index is 11.2. The molecule has 1 rings (SSSR count). The minimum Gasteiger partial charge on any atom is -0.248 e. The van der Waals surface area contributed by atoms with Crippen molar-refractivity contribution in [2.45, 2.75) is 24.5 Å². The second-order valence-electron chi connectivity index (χ2n) is 4.04. The van der Waals surface area contributed by atoms with Crippen LogP contribution in [-0.2, 0) is 11.0 Å². The Morgan fingerprint density at radius 2 is 1.77 bits per heavy atom. The fourth-order valence-corrected chi connectivity index (χ4v) is 4.40. The van der Waals surface area contributed by atoms with Crippen LogP contribution >= 0.6 is 0 Å². The molecule has 0 spiro atoms. The van der Waals surface area contributed by atoms with Crippen molar-refractivity contribution in [3.05, 3.63) is 24.3 Å². The normalized spacial score (nSPS) is 14.2. The fourth-order valence-electron chi connectivity index (χ4n) is 1.26. The van der Waals surface area contributed by atoms with E-state index in [9.17, 15) is 4.21 Å². The van der Waals surface area contributed by atoms with Crippen LogP contribution in [0.25, 0.3) is 0 Å². The molecule has 0 aliphatic heterocycles. The van der Waals surface area contributed by atoms with Crippen LogP contribution in [0.3, 0.4) is 0 Å². The minimum atomic E-state index is -1.41. The Labute approximate surface area is 82.8 Å². The van der Waals surface area contributed by atoms with Crippen molar-refractivity contribution in [3.8, 4) is 0 Å². The fraction of sp³-hybridized carbons (Fsp3) is 0.333. The van der Waals surface area contributed by atoms with Gasteiger partial charge in [0.1, 0.15) is 11.0 Å². The highest BCUT2D eigenvalue weighted by Crippen LogP contribution is 2.08. The molecule has 0 aliphatic rings. The Bertz CT molecular complexity index is 333. The quantitative estimate of drug-likeness (QED) is 0.737. The highest BCUT2D eigenvalue weighted by atomic mass is 32.2. The molecule has 0 heterocycles. The van der Waals surface area contributed by atoms with Gasteiger partial charge in [-0.2, -0.15) is 0 Å². The molecule has 0 saturated heterocycles. The predicted molar refractivity (Wildman–Crippen MR) is 60.0 cm³/mol. The van der Waals surface area contributed by atoms with Crippen molar-refractivity contribution in [1.82, 2.24) is 0 Å². The maximum absolute atomic E-state index is 11.2. The zero-order chi connectivity index (χ0) is 10.1. The molecule has 1 unspecified atom stereocenters. The van der Waals surface area contributed by atoms with Gasteiger partial charge in [0.25, 0.3) is 0 Å². The lowest BCUT2D eigenvalue weighted by Crippen LogP contribution is -2.40. The smallest absolute Gasteiger partial charge is 0.122 e. The summed E-state index contributed by atoms with van der Waals surface area (Å²) in [5.41, 5.74) is 0. The molecule has 1 aromatic carbocycles. The molecule has 2 N–H and O–H groups in total. The summed E-state index contributed by atoms with van der Waals surface area (Å²) in [5.74, 6) is 0. The van der Waals surface area contributed by atoms with Gasteiger partial charge in [-0.1, -0.05) is 37.8 Å². The highest BCUT2D eigenvalue weighted by molar-refractivity contribution is 7.83. The maximum Gasteiger partial charge on any atom is 0.122 e. The van der Waals surface area contributed by atoms with Crippen molar-refractivity contribution in [1.29, 1.82) is 0 Å². The molecular weight excluding hydrogens is 198 g/mol. The van der Waals surface area contributed by atoms with Crippen LogP contribution in [0.5, 0.6) is 0 Å². The lowest BCUT2D eigenvalue weighted by Gasteiger charge is -2.19. The van der Waals surface area contributed by atoms with E-state index in [1.165, 1.54) is 5.19 Å². The lowest BCUT2D eigenvalue weighted by atomic mass is 10.4. The third-order valence-corrected chi connectivity index (χ3v) is 4.93. The average molecular weight is 213 g/mol. The molecule has 4 heteroatoms. The van der Waals surface area contributed by atoms with Crippen LogP contribution in [0.4, 0.5) is 0 Å². The van der Waals surface area contributed by atoms with Crippen LogP contribution in [0, 0.1) is 0 Å². The first-order valence-corrected chi connectivity index (χ1v) is 8.90. The van der Waals surface area contributed by atoms with Gasteiger partial charge in [0.2, 0.25) is 0 Å². The van der Waals surface area contributed by atoms with E-state index >= 15 is 0 Å². The summed E-state index contributed by atoms with van der Waals surface area (Å²) in [4.78, 5) is 0.793. The first-order valence-electron chi connectivity index (χ1n) is 4.18. The van der Waals surface area contributed by atoms with E-state index in [4.69, 9.17) is 5.14 Å². The summed E-state index contributed by atoms with van der Waals surface area (Å²) in [6.45, 7) is 6.66. The van der Waals surface area contributed by atoms with Crippen LogP contribution in [-0.4, -0.2) is 12.3 Å². The molecule has 0 bridgehead atoms. The van der Waals surface area contributed by atoms with E-state index in [0.29, 0.717) is 0 Å². The van der Waals surface area contributed by atoms with E-state index < -0.39 is 19.1 Å². The first-order chi connectivity index (χ1) is 5.93. The van der Waals surface area contributed by atoms with Crippen molar-refractivity contribution < 1.29 is 4.21 Å². The molecule has 72 valence electrons. The summed E-state index contributed by atoms with van der Waals surface area (Å²) >= 11 is 0. The Morgan fingerprint density at radius 3 is 2.15 bits per heavy atom. The molecule has 1 aromatic rings. The zero-order valence-corrected chi connectivity index (χ0v) is 10.0. The number of hydrogen-bond donors (Lipinski definition) is 1. The monoisotopic (exact) mass is 213 g/mol. The van der Waals surface area contributed by atoms with Crippen LogP contribution < -0.4 is 10.3 Å². The summed E-state index contributed by atoms with van der Waals surface area (Å²) in [6.07, 6.45) is 0. The van der Waals surface area contributed by atoms with Gasteiger partial charge in [-0.15, -0.1) is 0 Å². The standard InChI is InChI=1S/C9H15NOSSi/c1-13(2,3)9-7-5-4-6-8(9)12(10)11/h4-7H,10H2,1-3H3. The third-order valence-electron chi connectivity index (χ3n) is 1.91. The summed E-state index contributed by atoms with van der Waals surface area (Å²) in [7, 11) is -2.77. The van der Waals surface area contributed by atoms with E-state index in [2.05, 4.69) is 19.6 Å². The molecular formula is C9H15NOSSi. The van der Waals surface area contributed by atoms with Gasteiger partial charge in [-0.05, 0) is 11.3 Å². The lowest BCUT2D eigenvalue weighted by molar-refractivity contribution is 0.684. The minimum absolute atomic E-state index is 0.793. The molecule has 0 aromatic heterocycles. The number of hydrogen-bond acceptors (Lipinski definition) is 1. The van der Waals surface area contributed by atoms with E-state index in [0.717, 1.165) is 4.90 Å². The molecule has 0 aliphatic carbocycles. The van der Waals surface area contributed by atoms with Crippen LogP contribution in [0.1, 0.15) is 0 Å². The van der Waals surface area contributed by atoms with Gasteiger partial charge in [0.15, 0.2) is 0 Å². The van der Waals surface area contributed by atoms with Gasteiger partial charge >= 0.3 is 0 Å². The van der Waals surface area contributed by atoms with Gasteiger partial charge in [-0.3, -0.25) is 0 Å². The van der Waals surface area contributed by atoms with E-state index in [1.807, 2.05) is 24.3 Å². The summed E-state index contributed by atoms with van der Waals surface area (Å²) in [6, 6.07) is 7.74.